The van der Waals surface area contributed by atoms with Crippen LogP contribution in [0.15, 0.2) is 18.2 Å². The second-order valence-corrected chi connectivity index (χ2v) is 4.20. The average molecular weight is 225 g/mol. The molecule has 4 nitrogen and oxygen atoms in total. The van der Waals surface area contributed by atoms with Gasteiger partial charge in [-0.3, -0.25) is 0 Å². The van der Waals surface area contributed by atoms with E-state index >= 15 is 0 Å². The van der Waals surface area contributed by atoms with E-state index in [4.69, 9.17) is 38.7 Å². The minimum atomic E-state index is -1.69. The van der Waals surface area contributed by atoms with Crippen LogP contribution in [0.1, 0.15) is 12.5 Å². The van der Waals surface area contributed by atoms with Gasteiger partial charge in [0.05, 0.1) is 5.50 Å². The van der Waals surface area contributed by atoms with Crippen LogP contribution in [0.5, 0.6) is 11.5 Å². The van der Waals surface area contributed by atoms with Crippen molar-refractivity contribution in [3.05, 3.63) is 23.8 Å². The van der Waals surface area contributed by atoms with E-state index in [9.17, 15) is 5.11 Å². The van der Waals surface area contributed by atoms with E-state index in [1.54, 1.807) is 19.1 Å². The summed E-state index contributed by atoms with van der Waals surface area (Å²) in [5, 5.41) is 10.0. The Bertz CT molecular complexity index is 448. The minimum Gasteiger partial charge on any atom is -0.468 e. The molecule has 2 atom stereocenters. The Morgan fingerprint density at radius 1 is 1.35 bits per heavy atom. The summed E-state index contributed by atoms with van der Waals surface area (Å²) in [7, 11) is 16.6. The van der Waals surface area contributed by atoms with Crippen molar-refractivity contribution in [2.45, 2.75) is 24.1 Å². The van der Waals surface area contributed by atoms with Crippen LogP contribution in [0.25, 0.3) is 0 Å². The minimum absolute atomic E-state index is 0.317. The van der Waals surface area contributed by atoms with Crippen molar-refractivity contribution in [3.8, 4) is 11.5 Å². The van der Waals surface area contributed by atoms with E-state index in [1.165, 1.54) is 6.07 Å². The Morgan fingerprint density at radius 2 is 1.94 bits per heavy atom. The Hall–Kier alpha value is -1.07. The molecule has 1 aromatic carbocycles. The van der Waals surface area contributed by atoms with Crippen molar-refractivity contribution in [2.75, 3.05) is 0 Å². The summed E-state index contributed by atoms with van der Waals surface area (Å²) in [6.07, 6.45) is 0. The second kappa shape index (κ2) is 3.72. The highest BCUT2D eigenvalue weighted by Crippen LogP contribution is 2.39. The third-order valence-corrected chi connectivity index (χ3v) is 2.64. The zero-order valence-electron chi connectivity index (χ0n) is 9.38. The molecule has 7 heteroatoms. The van der Waals surface area contributed by atoms with E-state index in [-0.39, 0.29) is 0 Å². The number of fused-ring (bicyclic) bond motifs is 1. The first kappa shape index (κ1) is 12.4. The molecule has 0 spiro atoms. The van der Waals surface area contributed by atoms with Crippen molar-refractivity contribution >= 4 is 23.5 Å². The second-order valence-electron chi connectivity index (χ2n) is 4.20. The summed E-state index contributed by atoms with van der Waals surface area (Å²) in [6, 6.07) is 3.99. The van der Waals surface area contributed by atoms with Crippen molar-refractivity contribution < 1.29 is 14.6 Å². The van der Waals surface area contributed by atoms with Crippen molar-refractivity contribution in [3.63, 3.8) is 0 Å². The molecule has 0 aliphatic carbocycles. The Kier molecular flexibility index (Phi) is 2.71. The highest BCUT2D eigenvalue weighted by molar-refractivity contribution is 6.38. The molecule has 2 unspecified atom stereocenters. The molecule has 82 valence electrons. The number of hydrogen-bond acceptors (Lipinski definition) is 4. The summed E-state index contributed by atoms with van der Waals surface area (Å²) < 4.78 is 10.2. The van der Waals surface area contributed by atoms with Crippen molar-refractivity contribution in [1.82, 2.24) is 0 Å². The fourth-order valence-electron chi connectivity index (χ4n) is 1.55. The molecule has 1 aliphatic heterocycles. The maximum atomic E-state index is 10.0. The van der Waals surface area contributed by atoms with Gasteiger partial charge >= 0.3 is 0 Å². The molecule has 0 amide bonds. The van der Waals surface area contributed by atoms with Gasteiger partial charge in [-0.25, -0.2) is 0 Å². The summed E-state index contributed by atoms with van der Waals surface area (Å²) in [5.41, 5.74) is 2.65. The molecule has 0 saturated heterocycles. The maximum Gasteiger partial charge on any atom is 0.175 e. The highest BCUT2D eigenvalue weighted by atomic mass is 16.7. The molecule has 1 aliphatic rings. The van der Waals surface area contributed by atoms with Crippen LogP contribution in [0, 0.1) is 0 Å². The predicted molar refractivity (Wildman–Crippen MR) is 65.2 cm³/mol. The van der Waals surface area contributed by atoms with Gasteiger partial charge in [0.2, 0.25) is 0 Å². The van der Waals surface area contributed by atoms with Crippen molar-refractivity contribution in [1.29, 1.82) is 0 Å². The fourth-order valence-corrected chi connectivity index (χ4v) is 1.55. The van der Waals surface area contributed by atoms with E-state index in [0.29, 0.717) is 17.1 Å². The molecule has 1 aromatic rings. The number of ether oxygens (including phenoxy) is 2. The smallest absolute Gasteiger partial charge is 0.175 e. The molecule has 0 saturated carbocycles. The number of hydrogen-bond donors (Lipinski definition) is 2. The molecule has 2 rings (SSSR count). The Labute approximate surface area is 104 Å². The third-order valence-electron chi connectivity index (χ3n) is 2.64. The lowest BCUT2D eigenvalue weighted by molar-refractivity contribution is 0.0826. The summed E-state index contributed by atoms with van der Waals surface area (Å²) in [6.45, 7) is 1.60. The lowest BCUT2D eigenvalue weighted by Crippen LogP contribution is -2.43. The first-order chi connectivity index (χ1) is 7.72. The predicted octanol–water partition coefficient (Wildman–Crippen LogP) is -0.933. The number of benzene rings is 1. The monoisotopic (exact) mass is 225 g/mol. The standard InChI is InChI=1S/C10H10B3NO3/c1-5(14)9(11,15)6-2-3-7-8(4-6)17-10(12,13)16-7/h2-5,15H,14H2,1H3. The van der Waals surface area contributed by atoms with Gasteiger partial charge in [0.25, 0.3) is 0 Å². The molecular weight excluding hydrogens is 215 g/mol. The largest absolute Gasteiger partial charge is 0.468 e. The van der Waals surface area contributed by atoms with Crippen LogP contribution in [0.4, 0.5) is 0 Å². The lowest BCUT2D eigenvalue weighted by Gasteiger charge is -2.28. The lowest BCUT2D eigenvalue weighted by atomic mass is 9.71. The molecule has 0 bridgehead atoms. The van der Waals surface area contributed by atoms with Crippen LogP contribution < -0.4 is 15.2 Å². The first-order valence-electron chi connectivity index (χ1n) is 5.09. The number of rotatable bonds is 2. The molecule has 6 radical (unpaired) electrons. The van der Waals surface area contributed by atoms with Gasteiger partial charge in [-0.1, -0.05) is 6.07 Å². The molecule has 3 N–H and O–H groups in total. The van der Waals surface area contributed by atoms with Gasteiger partial charge < -0.3 is 20.3 Å². The number of nitrogens with two attached hydrogens (primary N) is 1. The van der Waals surface area contributed by atoms with E-state index in [1.807, 2.05) is 0 Å². The summed E-state index contributed by atoms with van der Waals surface area (Å²) in [4.78, 5) is 0. The molecular formula is C10H10B3NO3. The van der Waals surface area contributed by atoms with Gasteiger partial charge in [-0.15, -0.1) is 0 Å². The topological polar surface area (TPSA) is 64.7 Å². The van der Waals surface area contributed by atoms with Gasteiger partial charge in [0.15, 0.2) is 32.8 Å². The van der Waals surface area contributed by atoms with Gasteiger partial charge in [0.1, 0.15) is 7.85 Å². The Balaban J connectivity index is 2.37. The first-order valence-corrected chi connectivity index (χ1v) is 5.09. The van der Waals surface area contributed by atoms with Crippen LogP contribution in [-0.2, 0) is 5.50 Å². The molecule has 17 heavy (non-hydrogen) atoms. The van der Waals surface area contributed by atoms with Crippen LogP contribution >= 0.6 is 0 Å². The Morgan fingerprint density at radius 3 is 2.53 bits per heavy atom. The fraction of sp³-hybridized carbons (Fsp3) is 0.400. The molecule has 0 fully saturated rings. The summed E-state index contributed by atoms with van der Waals surface area (Å²) >= 11 is 0. The zero-order chi connectivity index (χ0) is 12.8. The SMILES string of the molecule is [B]C1([B])Oc2ccc(C([B])(O)C(C)N)cc2O1. The highest BCUT2D eigenvalue weighted by Gasteiger charge is 2.33. The van der Waals surface area contributed by atoms with E-state index in [2.05, 4.69) is 0 Å². The molecule has 1 heterocycles. The number of aliphatic hydroxyl groups is 1. The van der Waals surface area contributed by atoms with Gasteiger partial charge in [0, 0.05) is 6.04 Å². The van der Waals surface area contributed by atoms with Gasteiger partial charge in [-0.2, -0.15) is 0 Å². The van der Waals surface area contributed by atoms with E-state index < -0.39 is 17.1 Å². The zero-order valence-corrected chi connectivity index (χ0v) is 9.38. The van der Waals surface area contributed by atoms with Crippen LogP contribution in [0.3, 0.4) is 0 Å². The normalized spacial score (nSPS) is 21.8. The average Bonchev–Trinajstić information content (AvgIpc) is 2.49. The maximum absolute atomic E-state index is 10.0. The third kappa shape index (κ3) is 2.17. The van der Waals surface area contributed by atoms with Gasteiger partial charge in [-0.05, 0) is 24.6 Å². The van der Waals surface area contributed by atoms with Crippen molar-refractivity contribution in [2.24, 2.45) is 5.73 Å². The quantitative estimate of drug-likeness (QED) is 0.637. The molecule has 0 aromatic heterocycles. The van der Waals surface area contributed by atoms with Crippen LogP contribution in [-0.4, -0.2) is 40.3 Å². The van der Waals surface area contributed by atoms with Crippen LogP contribution in [0.2, 0.25) is 0 Å². The summed E-state index contributed by atoms with van der Waals surface area (Å²) in [5.74, 6) is 0.705. The van der Waals surface area contributed by atoms with E-state index in [0.717, 1.165) is 0 Å².